The van der Waals surface area contributed by atoms with Gasteiger partial charge in [-0.2, -0.15) is 0 Å². The van der Waals surface area contributed by atoms with Crippen LogP contribution in [-0.4, -0.2) is 49.6 Å². The van der Waals surface area contributed by atoms with E-state index in [1.807, 2.05) is 0 Å². The normalized spacial score (nSPS) is 29.8. The van der Waals surface area contributed by atoms with E-state index in [9.17, 15) is 4.79 Å². The second-order valence-electron chi connectivity index (χ2n) is 8.74. The summed E-state index contributed by atoms with van der Waals surface area (Å²) in [5, 5.41) is 3.31. The topological polar surface area (TPSA) is 35.6 Å². The molecule has 4 nitrogen and oxygen atoms in total. The Kier molecular flexibility index (Phi) is 5.21. The lowest BCUT2D eigenvalue weighted by Crippen LogP contribution is -2.51. The molecule has 1 aromatic rings. The zero-order valence-electron chi connectivity index (χ0n) is 16.3. The van der Waals surface area contributed by atoms with E-state index in [-0.39, 0.29) is 5.91 Å². The van der Waals surface area contributed by atoms with E-state index in [0.29, 0.717) is 12.6 Å². The van der Waals surface area contributed by atoms with Gasteiger partial charge in [-0.25, -0.2) is 0 Å². The zero-order valence-corrected chi connectivity index (χ0v) is 16.3. The largest absolute Gasteiger partial charge is 0.369 e. The van der Waals surface area contributed by atoms with Gasteiger partial charge in [-0.15, -0.1) is 0 Å². The van der Waals surface area contributed by atoms with Gasteiger partial charge in [0.05, 0.1) is 6.54 Å². The first kappa shape index (κ1) is 17.8. The molecule has 1 heterocycles. The molecule has 0 radical (unpaired) electrons. The first-order valence-corrected chi connectivity index (χ1v) is 10.4. The van der Waals surface area contributed by atoms with E-state index in [1.165, 1.54) is 36.9 Å². The minimum absolute atomic E-state index is 0.213. The Hall–Kier alpha value is -1.55. The molecule has 2 saturated carbocycles. The van der Waals surface area contributed by atoms with Crippen LogP contribution in [-0.2, 0) is 4.79 Å². The van der Waals surface area contributed by atoms with Crippen LogP contribution in [0, 0.1) is 24.7 Å². The minimum atomic E-state index is 0.213. The third-order valence-corrected chi connectivity index (χ3v) is 7.02. The number of nitrogens with one attached hydrogen (secondary N) is 1. The maximum Gasteiger partial charge on any atom is 0.234 e. The number of hydrogen-bond acceptors (Lipinski definition) is 3. The Bertz CT molecular complexity index is 638. The van der Waals surface area contributed by atoms with Crippen molar-refractivity contribution in [3.63, 3.8) is 0 Å². The van der Waals surface area contributed by atoms with Crippen molar-refractivity contribution in [2.75, 3.05) is 37.6 Å². The second kappa shape index (κ2) is 7.59. The summed E-state index contributed by atoms with van der Waals surface area (Å²) in [6, 6.07) is 8.92. The predicted molar refractivity (Wildman–Crippen MR) is 106 cm³/mol. The number of nitrogens with zero attached hydrogens (tertiary/aromatic N) is 2. The maximum atomic E-state index is 12.5. The van der Waals surface area contributed by atoms with Gasteiger partial charge < -0.3 is 10.2 Å². The van der Waals surface area contributed by atoms with Crippen molar-refractivity contribution in [2.24, 2.45) is 17.8 Å². The van der Waals surface area contributed by atoms with Crippen LogP contribution in [0.4, 0.5) is 5.69 Å². The number of hydrogen-bond donors (Lipinski definition) is 1. The molecule has 2 aliphatic carbocycles. The molecule has 0 aromatic heterocycles. The van der Waals surface area contributed by atoms with Crippen molar-refractivity contribution < 1.29 is 4.79 Å². The van der Waals surface area contributed by atoms with Crippen LogP contribution in [0.25, 0.3) is 0 Å². The van der Waals surface area contributed by atoms with Gasteiger partial charge in [0.1, 0.15) is 0 Å². The van der Waals surface area contributed by atoms with Gasteiger partial charge in [-0.05, 0) is 62.5 Å². The summed E-state index contributed by atoms with van der Waals surface area (Å²) in [5.41, 5.74) is 2.67. The molecule has 4 heteroatoms. The highest BCUT2D eigenvalue weighted by Crippen LogP contribution is 2.49. The number of anilines is 1. The van der Waals surface area contributed by atoms with Crippen molar-refractivity contribution in [1.82, 2.24) is 10.2 Å². The average molecular weight is 356 g/mol. The minimum Gasteiger partial charge on any atom is -0.369 e. The Labute approximate surface area is 157 Å². The van der Waals surface area contributed by atoms with Gasteiger partial charge in [-0.3, -0.25) is 9.69 Å². The SMILES string of the molecule is Cc1ccccc1N1CCN(CC(=O)NC(C)C2CC3CCC2C3)CC1. The van der Waals surface area contributed by atoms with Gasteiger partial charge >= 0.3 is 0 Å². The molecule has 142 valence electrons. The fraction of sp³-hybridized carbons (Fsp3) is 0.682. The fourth-order valence-electron chi connectivity index (χ4n) is 5.58. The molecule has 26 heavy (non-hydrogen) atoms. The standard InChI is InChI=1S/C22H33N3O/c1-16-5-3-4-6-21(16)25-11-9-24(10-12-25)15-22(26)23-17(2)20-14-18-7-8-19(20)13-18/h3-6,17-20H,7-15H2,1-2H3,(H,23,26). The molecule has 1 aliphatic heterocycles. The summed E-state index contributed by atoms with van der Waals surface area (Å²) in [6.45, 7) is 8.87. The molecule has 1 saturated heterocycles. The van der Waals surface area contributed by atoms with Crippen LogP contribution in [0.1, 0.15) is 38.2 Å². The van der Waals surface area contributed by atoms with E-state index in [0.717, 1.165) is 43.9 Å². The van der Waals surface area contributed by atoms with E-state index < -0.39 is 0 Å². The highest BCUT2D eigenvalue weighted by Gasteiger charge is 2.42. The first-order chi connectivity index (χ1) is 12.6. The summed E-state index contributed by atoms with van der Waals surface area (Å²) < 4.78 is 0. The third kappa shape index (κ3) is 3.75. The second-order valence-corrected chi connectivity index (χ2v) is 8.74. The molecule has 1 N–H and O–H groups in total. The molecule has 1 amide bonds. The molecule has 3 fully saturated rings. The Balaban J connectivity index is 1.23. The quantitative estimate of drug-likeness (QED) is 0.882. The molecule has 4 unspecified atom stereocenters. The van der Waals surface area contributed by atoms with Crippen molar-refractivity contribution in [2.45, 2.75) is 45.6 Å². The Morgan fingerprint density at radius 1 is 1.15 bits per heavy atom. The van der Waals surface area contributed by atoms with Gasteiger partial charge in [0.2, 0.25) is 5.91 Å². The number of benzene rings is 1. The molecule has 1 aromatic carbocycles. The highest BCUT2D eigenvalue weighted by molar-refractivity contribution is 5.78. The Morgan fingerprint density at radius 2 is 1.92 bits per heavy atom. The molecule has 0 spiro atoms. The number of carbonyl (C=O) groups is 1. The van der Waals surface area contributed by atoms with Crippen molar-refractivity contribution in [3.8, 4) is 0 Å². The monoisotopic (exact) mass is 355 g/mol. The molecule has 4 atom stereocenters. The van der Waals surface area contributed by atoms with Gasteiger partial charge in [0, 0.05) is 37.9 Å². The van der Waals surface area contributed by atoms with Crippen LogP contribution in [0.3, 0.4) is 0 Å². The van der Waals surface area contributed by atoms with E-state index in [2.05, 4.69) is 53.2 Å². The summed E-state index contributed by atoms with van der Waals surface area (Å²) >= 11 is 0. The van der Waals surface area contributed by atoms with Crippen LogP contribution in [0.15, 0.2) is 24.3 Å². The van der Waals surface area contributed by atoms with Crippen LogP contribution in [0.5, 0.6) is 0 Å². The highest BCUT2D eigenvalue weighted by atomic mass is 16.2. The summed E-state index contributed by atoms with van der Waals surface area (Å²) in [7, 11) is 0. The molecule has 4 rings (SSSR count). The average Bonchev–Trinajstić information content (AvgIpc) is 3.26. The van der Waals surface area contributed by atoms with Crippen molar-refractivity contribution >= 4 is 11.6 Å². The summed E-state index contributed by atoms with van der Waals surface area (Å²) in [4.78, 5) is 17.3. The van der Waals surface area contributed by atoms with Crippen molar-refractivity contribution in [1.29, 1.82) is 0 Å². The number of fused-ring (bicyclic) bond motifs is 2. The summed E-state index contributed by atoms with van der Waals surface area (Å²) in [6.07, 6.45) is 5.55. The number of aryl methyl sites for hydroxylation is 1. The van der Waals surface area contributed by atoms with Crippen LogP contribution >= 0.6 is 0 Å². The lowest BCUT2D eigenvalue weighted by Gasteiger charge is -2.37. The Morgan fingerprint density at radius 3 is 2.58 bits per heavy atom. The number of amides is 1. The predicted octanol–water partition coefficient (Wildman–Crippen LogP) is 3.06. The molecular formula is C22H33N3O. The van der Waals surface area contributed by atoms with E-state index in [1.54, 1.807) is 0 Å². The van der Waals surface area contributed by atoms with Crippen LogP contribution < -0.4 is 10.2 Å². The van der Waals surface area contributed by atoms with Gasteiger partial charge in [-0.1, -0.05) is 24.6 Å². The smallest absolute Gasteiger partial charge is 0.234 e. The number of para-hydroxylation sites is 1. The molecule has 2 bridgehead atoms. The summed E-state index contributed by atoms with van der Waals surface area (Å²) in [5.74, 6) is 2.74. The van der Waals surface area contributed by atoms with E-state index >= 15 is 0 Å². The number of carbonyl (C=O) groups excluding carboxylic acids is 1. The number of piperazine rings is 1. The van der Waals surface area contributed by atoms with Crippen LogP contribution in [0.2, 0.25) is 0 Å². The fourth-order valence-corrected chi connectivity index (χ4v) is 5.58. The zero-order chi connectivity index (χ0) is 18.1. The molecule has 3 aliphatic rings. The molecular weight excluding hydrogens is 322 g/mol. The van der Waals surface area contributed by atoms with E-state index in [4.69, 9.17) is 0 Å². The first-order valence-electron chi connectivity index (χ1n) is 10.4. The van der Waals surface area contributed by atoms with Crippen molar-refractivity contribution in [3.05, 3.63) is 29.8 Å². The maximum absolute atomic E-state index is 12.5. The third-order valence-electron chi connectivity index (χ3n) is 7.02. The number of rotatable bonds is 5. The lowest BCUT2D eigenvalue weighted by atomic mass is 9.84. The lowest BCUT2D eigenvalue weighted by molar-refractivity contribution is -0.123. The van der Waals surface area contributed by atoms with Gasteiger partial charge in [0.25, 0.3) is 0 Å². The van der Waals surface area contributed by atoms with Gasteiger partial charge in [0.15, 0.2) is 0 Å².